The zero-order chi connectivity index (χ0) is 23.8. The summed E-state index contributed by atoms with van der Waals surface area (Å²) in [5.74, 6) is -1.88. The number of amides is 1. The Labute approximate surface area is 195 Å². The second-order valence-corrected chi connectivity index (χ2v) is 9.09. The number of sulfonamides is 1. The molecule has 3 rings (SSSR count). The van der Waals surface area contributed by atoms with Crippen LogP contribution in [0.15, 0.2) is 83.8 Å². The van der Waals surface area contributed by atoms with Crippen molar-refractivity contribution in [3.05, 3.63) is 95.3 Å². The molecule has 0 saturated heterocycles. The Bertz CT molecular complexity index is 1220. The molecule has 0 aliphatic rings. The first kappa shape index (κ1) is 24.4. The zero-order valence-electron chi connectivity index (χ0n) is 17.2. The van der Waals surface area contributed by atoms with Crippen LogP contribution < -0.4 is 10.0 Å². The smallest absolute Gasteiger partial charge is 0.308 e. The van der Waals surface area contributed by atoms with E-state index in [-0.39, 0.29) is 22.9 Å². The van der Waals surface area contributed by atoms with Gasteiger partial charge in [-0.2, -0.15) is 0 Å². The van der Waals surface area contributed by atoms with Crippen LogP contribution in [0, 0.1) is 5.82 Å². The minimum atomic E-state index is -3.87. The fourth-order valence-electron chi connectivity index (χ4n) is 2.84. The van der Waals surface area contributed by atoms with Crippen molar-refractivity contribution in [2.75, 3.05) is 11.9 Å². The highest BCUT2D eigenvalue weighted by Crippen LogP contribution is 2.21. The molecule has 7 nitrogen and oxygen atoms in total. The molecule has 0 radical (unpaired) electrons. The van der Waals surface area contributed by atoms with Crippen LogP contribution in [-0.2, 0) is 24.3 Å². The molecule has 2 N–H and O–H groups in total. The predicted octanol–water partition coefficient (Wildman–Crippen LogP) is 4.07. The minimum Gasteiger partial charge on any atom is -0.447 e. The highest BCUT2D eigenvalue weighted by atomic mass is 35.5. The van der Waals surface area contributed by atoms with Gasteiger partial charge < -0.3 is 10.1 Å². The van der Waals surface area contributed by atoms with Gasteiger partial charge in [0.2, 0.25) is 16.1 Å². The number of carbonyl (C=O) groups excluding carboxylic acids is 2. The molecule has 0 saturated carbocycles. The molecule has 3 aromatic carbocycles. The van der Waals surface area contributed by atoms with Gasteiger partial charge in [-0.05, 0) is 42.5 Å². The third-order valence-corrected chi connectivity index (χ3v) is 6.12. The lowest BCUT2D eigenvalue weighted by Crippen LogP contribution is -2.29. The van der Waals surface area contributed by atoms with Crippen LogP contribution in [0.4, 0.5) is 10.1 Å². The van der Waals surface area contributed by atoms with Crippen molar-refractivity contribution in [1.82, 2.24) is 4.72 Å². The monoisotopic (exact) mass is 490 g/mol. The zero-order valence-corrected chi connectivity index (χ0v) is 18.8. The van der Waals surface area contributed by atoms with E-state index in [4.69, 9.17) is 16.3 Å². The molecule has 0 spiro atoms. The van der Waals surface area contributed by atoms with Crippen molar-refractivity contribution in [2.24, 2.45) is 0 Å². The number of nitrogens with one attached hydrogen (secondary N) is 2. The van der Waals surface area contributed by atoms with Gasteiger partial charge >= 0.3 is 5.97 Å². The van der Waals surface area contributed by atoms with Gasteiger partial charge in [0.15, 0.2) is 0 Å². The second-order valence-electron chi connectivity index (χ2n) is 6.88. The number of halogens is 2. The van der Waals surface area contributed by atoms with Crippen LogP contribution in [0.2, 0.25) is 5.02 Å². The molecule has 3 aromatic rings. The lowest BCUT2D eigenvalue weighted by atomic mass is 10.1. The Balaban J connectivity index is 1.64. The molecule has 172 valence electrons. The lowest BCUT2D eigenvalue weighted by molar-refractivity contribution is -0.154. The number of hydrogen-bond acceptors (Lipinski definition) is 5. The molecule has 0 fully saturated rings. The molecule has 1 atom stereocenters. The Hall–Kier alpha value is -3.27. The van der Waals surface area contributed by atoms with Gasteiger partial charge in [-0.15, -0.1) is 0 Å². The molecule has 1 amide bonds. The normalized spacial score (nSPS) is 12.1. The van der Waals surface area contributed by atoms with Gasteiger partial charge in [-0.25, -0.2) is 17.5 Å². The number of carbonyl (C=O) groups is 2. The number of hydrogen-bond donors (Lipinski definition) is 2. The molecule has 10 heteroatoms. The Kier molecular flexibility index (Phi) is 8.16. The summed E-state index contributed by atoms with van der Waals surface area (Å²) in [6.07, 6.45) is -1.60. The van der Waals surface area contributed by atoms with E-state index in [0.717, 1.165) is 0 Å². The van der Waals surface area contributed by atoms with Crippen LogP contribution in [0.5, 0.6) is 0 Å². The van der Waals surface area contributed by atoms with E-state index in [1.165, 1.54) is 42.5 Å². The van der Waals surface area contributed by atoms with Gasteiger partial charge in [0.1, 0.15) is 5.82 Å². The number of esters is 1. The molecule has 0 heterocycles. The predicted molar refractivity (Wildman–Crippen MR) is 122 cm³/mol. The highest BCUT2D eigenvalue weighted by molar-refractivity contribution is 7.89. The van der Waals surface area contributed by atoms with Gasteiger partial charge in [-0.1, -0.05) is 48.0 Å². The fourth-order valence-corrected chi connectivity index (χ4v) is 4.17. The molecular formula is C23H20ClFN2O5S. The maximum Gasteiger partial charge on any atom is 0.308 e. The highest BCUT2D eigenvalue weighted by Gasteiger charge is 2.25. The minimum absolute atomic E-state index is 0.0378. The van der Waals surface area contributed by atoms with Gasteiger partial charge in [0.05, 0.1) is 11.3 Å². The Morgan fingerprint density at radius 1 is 0.970 bits per heavy atom. The molecular weight excluding hydrogens is 471 g/mol. The van der Waals surface area contributed by atoms with Crippen molar-refractivity contribution in [2.45, 2.75) is 17.4 Å². The molecule has 0 aliphatic heterocycles. The average molecular weight is 491 g/mol. The molecule has 0 aliphatic carbocycles. The summed E-state index contributed by atoms with van der Waals surface area (Å²) in [7, 11) is -3.87. The van der Waals surface area contributed by atoms with E-state index in [0.29, 0.717) is 11.3 Å². The first-order valence-corrected chi connectivity index (χ1v) is 11.7. The number of anilines is 1. The van der Waals surface area contributed by atoms with E-state index >= 15 is 0 Å². The van der Waals surface area contributed by atoms with E-state index in [9.17, 15) is 22.4 Å². The summed E-state index contributed by atoms with van der Waals surface area (Å²) in [4.78, 5) is 25.1. The van der Waals surface area contributed by atoms with Crippen molar-refractivity contribution < 1.29 is 27.1 Å². The quantitative estimate of drug-likeness (QED) is 0.440. The molecule has 1 unspecified atom stereocenters. The average Bonchev–Trinajstić information content (AvgIpc) is 2.79. The summed E-state index contributed by atoms with van der Waals surface area (Å²) in [6, 6.07) is 19.2. The SMILES string of the molecule is O=C(CCNS(=O)(=O)c1cccc(Cl)c1)OC(C(=O)Nc1ccc(F)cc1)c1ccccc1. The van der Waals surface area contributed by atoms with Crippen molar-refractivity contribution in [3.63, 3.8) is 0 Å². The van der Waals surface area contributed by atoms with Gasteiger partial charge in [0.25, 0.3) is 5.91 Å². The second kappa shape index (κ2) is 11.0. The molecule has 0 aromatic heterocycles. The summed E-state index contributed by atoms with van der Waals surface area (Å²) in [5, 5.41) is 2.83. The van der Waals surface area contributed by atoms with Crippen molar-refractivity contribution in [3.8, 4) is 0 Å². The van der Waals surface area contributed by atoms with Crippen LogP contribution in [0.25, 0.3) is 0 Å². The van der Waals surface area contributed by atoms with Gasteiger partial charge in [-0.3, -0.25) is 9.59 Å². The maximum absolute atomic E-state index is 13.1. The summed E-state index contributed by atoms with van der Waals surface area (Å²) in [5.41, 5.74) is 0.748. The Morgan fingerprint density at radius 2 is 1.67 bits per heavy atom. The van der Waals surface area contributed by atoms with Crippen LogP contribution in [0.3, 0.4) is 0 Å². The van der Waals surface area contributed by atoms with E-state index in [2.05, 4.69) is 10.0 Å². The van der Waals surface area contributed by atoms with E-state index < -0.39 is 33.8 Å². The van der Waals surface area contributed by atoms with Crippen molar-refractivity contribution in [1.29, 1.82) is 0 Å². The fraction of sp³-hybridized carbons (Fsp3) is 0.130. The largest absolute Gasteiger partial charge is 0.447 e. The Morgan fingerprint density at radius 3 is 2.33 bits per heavy atom. The molecule has 33 heavy (non-hydrogen) atoms. The summed E-state index contributed by atoms with van der Waals surface area (Å²) in [6.45, 7) is -0.241. The third kappa shape index (κ3) is 7.11. The van der Waals surface area contributed by atoms with Gasteiger partial charge in [0, 0.05) is 22.8 Å². The first-order valence-electron chi connectivity index (χ1n) is 9.81. The van der Waals surface area contributed by atoms with Crippen molar-refractivity contribution >= 4 is 39.2 Å². The topological polar surface area (TPSA) is 102 Å². The van der Waals surface area contributed by atoms with Crippen LogP contribution in [0.1, 0.15) is 18.1 Å². The molecule has 0 bridgehead atoms. The van der Waals surface area contributed by atoms with Crippen LogP contribution >= 0.6 is 11.6 Å². The number of ether oxygens (including phenoxy) is 1. The standard InChI is InChI=1S/C23H20ClFN2O5S/c24-17-7-4-8-20(15-17)33(30,31)26-14-13-21(28)32-22(16-5-2-1-3-6-16)23(29)27-19-11-9-18(25)10-12-19/h1-12,15,22,26H,13-14H2,(H,27,29). The van der Waals surface area contributed by atoms with E-state index in [1.54, 1.807) is 36.4 Å². The maximum atomic E-state index is 13.1. The summed E-state index contributed by atoms with van der Waals surface area (Å²) < 4.78 is 45.4. The number of rotatable bonds is 9. The summed E-state index contributed by atoms with van der Waals surface area (Å²) >= 11 is 5.82. The van der Waals surface area contributed by atoms with E-state index in [1.807, 2.05) is 0 Å². The van der Waals surface area contributed by atoms with Crippen LogP contribution in [-0.4, -0.2) is 26.8 Å². The third-order valence-electron chi connectivity index (χ3n) is 4.43. The number of benzene rings is 3. The first-order chi connectivity index (χ1) is 15.7. The lowest BCUT2D eigenvalue weighted by Gasteiger charge is -2.18.